The minimum Gasteiger partial charge on any atom is -0.455 e. The number of rotatable bonds is 7. The fourth-order valence-corrected chi connectivity index (χ4v) is 9.09. The summed E-state index contributed by atoms with van der Waals surface area (Å²) in [6.45, 7) is 13.1. The number of carbonyl (C=O) groups is 1. The third-order valence-electron chi connectivity index (χ3n) is 9.83. The van der Waals surface area contributed by atoms with Gasteiger partial charge in [0, 0.05) is 39.5 Å². The van der Waals surface area contributed by atoms with E-state index >= 15 is 0 Å². The van der Waals surface area contributed by atoms with Gasteiger partial charge < -0.3 is 15.4 Å². The van der Waals surface area contributed by atoms with E-state index in [9.17, 15) is 13.2 Å². The summed E-state index contributed by atoms with van der Waals surface area (Å²) in [7, 11) is -4.04. The maximum absolute atomic E-state index is 14.6. The average molecular weight is 721 g/mol. The molecule has 1 aliphatic heterocycles. The summed E-state index contributed by atoms with van der Waals surface area (Å²) in [5, 5.41) is 7.31. The number of aromatic nitrogens is 1. The van der Waals surface area contributed by atoms with Gasteiger partial charge in [-0.05, 0) is 71.7 Å². The number of amidine groups is 1. The highest BCUT2D eigenvalue weighted by atomic mass is 32.2. The Hall–Kier alpha value is -5.80. The lowest BCUT2D eigenvalue weighted by Crippen LogP contribution is -2.25. The van der Waals surface area contributed by atoms with Crippen LogP contribution in [0.4, 0.5) is 17.1 Å². The number of sulfonamides is 1. The number of anilines is 3. The molecule has 9 heteroatoms. The van der Waals surface area contributed by atoms with Crippen LogP contribution in [0.2, 0.25) is 0 Å². The minimum absolute atomic E-state index is 0.0451. The van der Waals surface area contributed by atoms with Gasteiger partial charge in [0.1, 0.15) is 16.2 Å². The molecule has 1 aromatic heterocycles. The number of nitrogens with one attached hydrogen (secondary N) is 2. The first-order valence-electron chi connectivity index (χ1n) is 17.7. The fraction of sp³-hybridized carbons (Fsp3) is 0.205. The highest BCUT2D eigenvalue weighted by Crippen LogP contribution is 2.49. The third-order valence-corrected chi connectivity index (χ3v) is 11.2. The van der Waals surface area contributed by atoms with Gasteiger partial charge in [0.05, 0.1) is 16.9 Å². The first kappa shape index (κ1) is 34.3. The normalized spacial score (nSPS) is 14.5. The largest absolute Gasteiger partial charge is 0.455 e. The molecule has 0 saturated heterocycles. The molecule has 8 rings (SSSR count). The Kier molecular flexibility index (Phi) is 8.03. The molecule has 0 fully saturated rings. The minimum atomic E-state index is -4.04. The molecular weight excluding hydrogens is 681 g/mol. The van der Waals surface area contributed by atoms with Crippen LogP contribution in [-0.4, -0.2) is 25.0 Å². The van der Waals surface area contributed by atoms with Crippen molar-refractivity contribution < 1.29 is 17.9 Å². The van der Waals surface area contributed by atoms with E-state index in [0.717, 1.165) is 12.1 Å². The van der Waals surface area contributed by atoms with Crippen LogP contribution in [-0.2, 0) is 15.4 Å². The summed E-state index contributed by atoms with van der Waals surface area (Å²) in [5.41, 5.74) is 6.78. The van der Waals surface area contributed by atoms with Gasteiger partial charge in [-0.1, -0.05) is 101 Å². The van der Waals surface area contributed by atoms with E-state index < -0.39 is 10.0 Å². The number of pyridine rings is 1. The van der Waals surface area contributed by atoms with Crippen LogP contribution in [0.25, 0.3) is 22.0 Å². The smallest absolute Gasteiger partial charge is 0.286 e. The molecule has 53 heavy (non-hydrogen) atoms. The fourth-order valence-electron chi connectivity index (χ4n) is 7.97. The van der Waals surface area contributed by atoms with E-state index in [1.165, 1.54) is 11.6 Å². The Labute approximate surface area is 310 Å². The molecule has 0 saturated carbocycles. The van der Waals surface area contributed by atoms with Gasteiger partial charge in [-0.25, -0.2) is 4.98 Å². The van der Waals surface area contributed by atoms with E-state index in [0.29, 0.717) is 67.3 Å². The number of hydrogen-bond donors (Lipinski definition) is 2. The third kappa shape index (κ3) is 6.14. The summed E-state index contributed by atoms with van der Waals surface area (Å²) in [5.74, 6) is 1.03. The van der Waals surface area contributed by atoms with Crippen LogP contribution >= 0.6 is 0 Å². The number of hydrogen-bond acceptors (Lipinski definition) is 7. The van der Waals surface area contributed by atoms with Crippen molar-refractivity contribution in [1.82, 2.24) is 4.98 Å². The predicted octanol–water partition coefficient (Wildman–Crippen LogP) is 10.6. The first-order chi connectivity index (χ1) is 25.2. The molecule has 2 heterocycles. The second kappa shape index (κ2) is 12.4. The number of aryl methyl sites for hydroxylation is 1. The van der Waals surface area contributed by atoms with Crippen LogP contribution in [0.5, 0.6) is 11.5 Å². The van der Waals surface area contributed by atoms with Crippen molar-refractivity contribution in [3.05, 3.63) is 137 Å². The Bertz CT molecular complexity index is 2610. The van der Waals surface area contributed by atoms with E-state index in [4.69, 9.17) is 9.72 Å². The zero-order chi connectivity index (χ0) is 37.3. The molecule has 0 atom stereocenters. The van der Waals surface area contributed by atoms with Gasteiger partial charge in [-0.3, -0.25) is 4.79 Å². The van der Waals surface area contributed by atoms with Gasteiger partial charge in [0.15, 0.2) is 17.4 Å². The Morgan fingerprint density at radius 3 is 2.15 bits per heavy atom. The molecule has 0 spiro atoms. The van der Waals surface area contributed by atoms with Crippen LogP contribution in [0.3, 0.4) is 0 Å². The van der Waals surface area contributed by atoms with Crippen molar-refractivity contribution in [3.8, 4) is 22.6 Å². The lowest BCUT2D eigenvalue weighted by molar-refractivity contribution is 0.104. The van der Waals surface area contributed by atoms with Gasteiger partial charge in [0.25, 0.3) is 10.0 Å². The van der Waals surface area contributed by atoms with E-state index in [1.807, 2.05) is 73.7 Å². The quantitative estimate of drug-likeness (QED) is 0.169. The number of ketones is 1. The van der Waals surface area contributed by atoms with Crippen molar-refractivity contribution in [2.75, 3.05) is 10.6 Å². The summed E-state index contributed by atoms with van der Waals surface area (Å²) in [6.07, 6.45) is 1.01. The number of para-hydroxylation sites is 2. The molecule has 1 aliphatic carbocycles. The van der Waals surface area contributed by atoms with E-state index in [-0.39, 0.29) is 27.3 Å². The highest BCUT2D eigenvalue weighted by molar-refractivity contribution is 7.90. The molecule has 6 aromatic rings. The summed E-state index contributed by atoms with van der Waals surface area (Å²) < 4.78 is 38.1. The van der Waals surface area contributed by atoms with Gasteiger partial charge in [-0.15, -0.1) is 4.40 Å². The molecule has 0 unspecified atom stereocenters. The van der Waals surface area contributed by atoms with E-state index in [2.05, 4.69) is 61.8 Å². The zero-order valence-corrected chi connectivity index (χ0v) is 31.4. The second-order valence-corrected chi connectivity index (χ2v) is 17.2. The van der Waals surface area contributed by atoms with Crippen LogP contribution < -0.4 is 15.4 Å². The molecule has 0 radical (unpaired) electrons. The topological polar surface area (TPSA) is 110 Å². The second-order valence-electron chi connectivity index (χ2n) is 15.6. The standard InChI is InChI=1S/C44H40N4O4S/c1-26-36(42-47-32-18-12-13-19-35(32)53(50,51)48-42)37-30-16-10-11-17-31(30)41(49)38-33(46-28-14-8-7-9-15-28)24-34(40(45-26)39(37)38)52-29-22-20-27(21-23-29)44(5,6)25-43(2,3)4/h7-24,46H,25H2,1-6H3,(H,47,48). The maximum Gasteiger partial charge on any atom is 0.286 e. The summed E-state index contributed by atoms with van der Waals surface area (Å²) >= 11 is 0. The first-order valence-corrected chi connectivity index (χ1v) is 19.1. The summed E-state index contributed by atoms with van der Waals surface area (Å²) in [4.78, 5) is 19.8. The molecule has 0 amide bonds. The monoisotopic (exact) mass is 720 g/mol. The molecule has 266 valence electrons. The van der Waals surface area contributed by atoms with Gasteiger partial charge >= 0.3 is 0 Å². The van der Waals surface area contributed by atoms with Crippen LogP contribution in [0.15, 0.2) is 118 Å². The highest BCUT2D eigenvalue weighted by Gasteiger charge is 2.36. The van der Waals surface area contributed by atoms with E-state index in [1.54, 1.807) is 24.3 Å². The Balaban J connectivity index is 1.37. The lowest BCUT2D eigenvalue weighted by atomic mass is 9.72. The molecular formula is C44H40N4O4S. The number of ether oxygens (including phenoxy) is 1. The number of benzene rings is 5. The van der Waals surface area contributed by atoms with Crippen LogP contribution in [0.1, 0.15) is 73.8 Å². The van der Waals surface area contributed by atoms with Crippen LogP contribution in [0, 0.1) is 12.3 Å². The Morgan fingerprint density at radius 2 is 1.43 bits per heavy atom. The molecule has 8 nitrogen and oxygen atoms in total. The van der Waals surface area contributed by atoms with Crippen molar-refractivity contribution in [2.45, 2.75) is 58.3 Å². The van der Waals surface area contributed by atoms with Crippen molar-refractivity contribution in [1.29, 1.82) is 0 Å². The maximum atomic E-state index is 14.6. The molecule has 2 N–H and O–H groups in total. The predicted molar refractivity (Wildman–Crippen MR) is 212 cm³/mol. The van der Waals surface area contributed by atoms with Crippen molar-refractivity contribution >= 4 is 49.6 Å². The number of carbonyl (C=O) groups excluding carboxylic acids is 1. The van der Waals surface area contributed by atoms with Crippen molar-refractivity contribution in [2.24, 2.45) is 9.81 Å². The Morgan fingerprint density at radius 1 is 0.774 bits per heavy atom. The molecule has 2 aliphatic rings. The number of nitrogens with zero attached hydrogens (tertiary/aromatic N) is 2. The van der Waals surface area contributed by atoms with Gasteiger partial charge in [-0.2, -0.15) is 8.42 Å². The van der Waals surface area contributed by atoms with Gasteiger partial charge in [0.2, 0.25) is 0 Å². The summed E-state index contributed by atoms with van der Waals surface area (Å²) in [6, 6.07) is 33.7. The molecule has 5 aromatic carbocycles. The molecule has 0 bridgehead atoms. The van der Waals surface area contributed by atoms with Crippen molar-refractivity contribution in [3.63, 3.8) is 0 Å². The average Bonchev–Trinajstić information content (AvgIpc) is 3.10. The zero-order valence-electron chi connectivity index (χ0n) is 30.5. The number of fused-ring (bicyclic) bond motifs is 3. The SMILES string of the molecule is Cc1nc2c(Oc3ccc(C(C)(C)CC(C)(C)C)cc3)cc(Nc3ccccc3)c3c2c(c1C1=NS(=O)(=O)c2ccccc2N1)-c1ccccc1C3=O. The lowest BCUT2D eigenvalue weighted by Gasteiger charge is -2.33.